The predicted octanol–water partition coefficient (Wildman–Crippen LogP) is 4.19. The average Bonchev–Trinajstić information content (AvgIpc) is 2.53. The first-order valence-electron chi connectivity index (χ1n) is 7.07. The number of carbonyl (C=O) groups excluding carboxylic acids is 2. The summed E-state index contributed by atoms with van der Waals surface area (Å²) < 4.78 is 38.8. The van der Waals surface area contributed by atoms with E-state index in [0.717, 1.165) is 24.3 Å². The molecule has 26 heavy (non-hydrogen) atoms. The number of hydrogen-bond acceptors (Lipinski definition) is 3. The Bertz CT molecular complexity index is 909. The van der Waals surface area contributed by atoms with Gasteiger partial charge in [0, 0.05) is 10.6 Å². The second-order valence-electron chi connectivity index (χ2n) is 5.31. The summed E-state index contributed by atoms with van der Waals surface area (Å²) in [5.74, 6) is -3.90. The van der Waals surface area contributed by atoms with E-state index < -0.39 is 35.0 Å². The second-order valence-corrected chi connectivity index (χ2v) is 5.74. The maximum atomic E-state index is 12.9. The quantitative estimate of drug-likeness (QED) is 0.610. The molecule has 0 radical (unpaired) electrons. The summed E-state index contributed by atoms with van der Waals surface area (Å²) in [6.45, 7) is 1.22. The van der Waals surface area contributed by atoms with Gasteiger partial charge >= 0.3 is 12.1 Å². The molecule has 5 nitrogen and oxygen atoms in total. The van der Waals surface area contributed by atoms with Crippen LogP contribution in [-0.2, 0) is 11.0 Å². The molecule has 0 saturated heterocycles. The van der Waals surface area contributed by atoms with Gasteiger partial charge in [0.25, 0.3) is 11.7 Å². The number of carboxylic acids is 1. The zero-order valence-electron chi connectivity index (χ0n) is 13.1. The number of Topliss-reactive ketones (excluding diaryl/α,β-unsaturated/α-hetero) is 1. The zero-order chi connectivity index (χ0) is 19.6. The van der Waals surface area contributed by atoms with Gasteiger partial charge in [0.15, 0.2) is 0 Å². The van der Waals surface area contributed by atoms with Crippen LogP contribution < -0.4 is 5.32 Å². The molecule has 0 bridgehead atoms. The van der Waals surface area contributed by atoms with Gasteiger partial charge in [-0.25, -0.2) is 4.79 Å². The molecule has 0 aliphatic rings. The lowest BCUT2D eigenvalue weighted by Crippen LogP contribution is -2.24. The summed E-state index contributed by atoms with van der Waals surface area (Å²) >= 11 is 5.74. The number of anilines is 1. The van der Waals surface area contributed by atoms with Gasteiger partial charge < -0.3 is 10.4 Å². The Morgan fingerprint density at radius 2 is 1.73 bits per heavy atom. The lowest BCUT2D eigenvalue weighted by molar-refractivity contribution is -0.138. The van der Waals surface area contributed by atoms with Gasteiger partial charge in [-0.05, 0) is 36.8 Å². The summed E-state index contributed by atoms with van der Waals surface area (Å²) in [4.78, 5) is 35.4. The molecule has 0 aliphatic carbocycles. The number of rotatable bonds is 4. The van der Waals surface area contributed by atoms with Crippen molar-refractivity contribution in [3.05, 3.63) is 63.7 Å². The Morgan fingerprint density at radius 3 is 2.31 bits per heavy atom. The van der Waals surface area contributed by atoms with Crippen LogP contribution in [0.2, 0.25) is 5.02 Å². The van der Waals surface area contributed by atoms with Gasteiger partial charge in [-0.3, -0.25) is 9.59 Å². The maximum absolute atomic E-state index is 12.9. The largest absolute Gasteiger partial charge is 0.478 e. The Balaban J connectivity index is 2.33. The third-order valence-electron chi connectivity index (χ3n) is 3.47. The minimum absolute atomic E-state index is 0.0996. The van der Waals surface area contributed by atoms with Crippen LogP contribution in [0.5, 0.6) is 0 Å². The highest BCUT2D eigenvalue weighted by Gasteiger charge is 2.33. The summed E-state index contributed by atoms with van der Waals surface area (Å²) in [5, 5.41) is 11.3. The Labute approximate surface area is 150 Å². The summed E-state index contributed by atoms with van der Waals surface area (Å²) in [6.07, 6.45) is -4.68. The number of ketones is 1. The lowest BCUT2D eigenvalue weighted by atomic mass is 10.0. The molecule has 2 aromatic carbocycles. The molecular formula is C17H11ClF3NO4. The molecule has 0 fully saturated rings. The number of alkyl halides is 3. The van der Waals surface area contributed by atoms with Crippen LogP contribution in [0.25, 0.3) is 0 Å². The highest BCUT2D eigenvalue weighted by Crippen LogP contribution is 2.32. The third-order valence-corrected chi connectivity index (χ3v) is 3.71. The van der Waals surface area contributed by atoms with Crippen molar-refractivity contribution >= 4 is 34.9 Å². The van der Waals surface area contributed by atoms with Crippen molar-refractivity contribution in [2.75, 3.05) is 5.32 Å². The fourth-order valence-electron chi connectivity index (χ4n) is 2.19. The van der Waals surface area contributed by atoms with Crippen molar-refractivity contribution < 1.29 is 32.7 Å². The molecule has 2 rings (SSSR count). The van der Waals surface area contributed by atoms with E-state index in [1.165, 1.54) is 13.0 Å². The number of halogens is 4. The van der Waals surface area contributed by atoms with E-state index in [9.17, 15) is 27.6 Å². The molecule has 1 amide bonds. The number of carboxylic acid groups (broad SMARTS) is 1. The fourth-order valence-corrected chi connectivity index (χ4v) is 2.36. The van der Waals surface area contributed by atoms with Gasteiger partial charge in [-0.1, -0.05) is 23.7 Å². The molecule has 2 N–H and O–H groups in total. The summed E-state index contributed by atoms with van der Waals surface area (Å²) in [7, 11) is 0. The number of carbonyl (C=O) groups is 3. The van der Waals surface area contributed by atoms with Crippen LogP contribution in [0.4, 0.5) is 18.9 Å². The highest BCUT2D eigenvalue weighted by atomic mass is 35.5. The second kappa shape index (κ2) is 7.17. The topological polar surface area (TPSA) is 83.5 Å². The maximum Gasteiger partial charge on any atom is 0.416 e. The first-order valence-corrected chi connectivity index (χ1v) is 7.45. The molecule has 0 aromatic heterocycles. The monoisotopic (exact) mass is 385 g/mol. The van der Waals surface area contributed by atoms with Gasteiger partial charge in [-0.15, -0.1) is 0 Å². The minimum atomic E-state index is -4.68. The van der Waals surface area contributed by atoms with E-state index in [1.54, 1.807) is 0 Å². The van der Waals surface area contributed by atoms with Crippen LogP contribution in [-0.4, -0.2) is 22.8 Å². The van der Waals surface area contributed by atoms with Crippen LogP contribution in [0.3, 0.4) is 0 Å². The van der Waals surface area contributed by atoms with Crippen molar-refractivity contribution in [3.8, 4) is 0 Å². The SMILES string of the molecule is Cc1ccc(C(=O)C(=O)Nc2cc(Cl)ccc2C(=O)O)cc1C(F)(F)F. The van der Waals surface area contributed by atoms with Crippen LogP contribution >= 0.6 is 11.6 Å². The van der Waals surface area contributed by atoms with Crippen LogP contribution in [0, 0.1) is 6.92 Å². The molecule has 9 heteroatoms. The van der Waals surface area contributed by atoms with E-state index in [2.05, 4.69) is 5.32 Å². The van der Waals surface area contributed by atoms with Crippen molar-refractivity contribution in [2.24, 2.45) is 0 Å². The number of hydrogen-bond donors (Lipinski definition) is 2. The van der Waals surface area contributed by atoms with E-state index in [4.69, 9.17) is 16.7 Å². The van der Waals surface area contributed by atoms with E-state index in [1.807, 2.05) is 0 Å². The van der Waals surface area contributed by atoms with Crippen molar-refractivity contribution in [3.63, 3.8) is 0 Å². The third kappa shape index (κ3) is 4.20. The van der Waals surface area contributed by atoms with Gasteiger partial charge in [-0.2, -0.15) is 13.2 Å². The highest BCUT2D eigenvalue weighted by molar-refractivity contribution is 6.46. The standard InChI is InChI=1S/C17H11ClF3NO4/c1-8-2-3-9(6-12(8)17(19,20)21)14(23)15(24)22-13-7-10(18)4-5-11(13)16(25)26/h2-7H,1H3,(H,22,24)(H,25,26). The molecule has 0 saturated carbocycles. The number of aryl methyl sites for hydroxylation is 1. The van der Waals surface area contributed by atoms with Gasteiger partial charge in [0.1, 0.15) is 0 Å². The molecule has 0 heterocycles. The summed E-state index contributed by atoms with van der Waals surface area (Å²) in [5.41, 5.74) is -2.18. The molecule has 2 aromatic rings. The Hall–Kier alpha value is -2.87. The van der Waals surface area contributed by atoms with Gasteiger partial charge in [0.05, 0.1) is 16.8 Å². The van der Waals surface area contributed by atoms with Crippen molar-refractivity contribution in [1.29, 1.82) is 0 Å². The van der Waals surface area contributed by atoms with Gasteiger partial charge in [0.2, 0.25) is 0 Å². The molecule has 0 atom stereocenters. The van der Waals surface area contributed by atoms with Crippen molar-refractivity contribution in [1.82, 2.24) is 0 Å². The zero-order valence-corrected chi connectivity index (χ0v) is 13.9. The lowest BCUT2D eigenvalue weighted by Gasteiger charge is -2.12. The van der Waals surface area contributed by atoms with E-state index in [-0.39, 0.29) is 21.8 Å². The number of aromatic carboxylic acids is 1. The van der Waals surface area contributed by atoms with Crippen LogP contribution in [0.15, 0.2) is 36.4 Å². The number of nitrogens with one attached hydrogen (secondary N) is 1. The average molecular weight is 386 g/mol. The molecular weight excluding hydrogens is 375 g/mol. The Kier molecular flexibility index (Phi) is 5.36. The molecule has 0 unspecified atom stereocenters. The number of benzene rings is 2. The van der Waals surface area contributed by atoms with E-state index >= 15 is 0 Å². The first-order chi connectivity index (χ1) is 12.0. The number of amides is 1. The first kappa shape index (κ1) is 19.5. The Morgan fingerprint density at radius 1 is 1.08 bits per heavy atom. The van der Waals surface area contributed by atoms with E-state index in [0.29, 0.717) is 6.07 Å². The summed E-state index contributed by atoms with van der Waals surface area (Å²) in [6, 6.07) is 6.25. The minimum Gasteiger partial charge on any atom is -0.478 e. The predicted molar refractivity (Wildman–Crippen MR) is 87.6 cm³/mol. The molecule has 136 valence electrons. The smallest absolute Gasteiger partial charge is 0.416 e. The fraction of sp³-hybridized carbons (Fsp3) is 0.118. The van der Waals surface area contributed by atoms with Crippen LogP contribution in [0.1, 0.15) is 31.8 Å². The molecule has 0 spiro atoms. The normalized spacial score (nSPS) is 11.1. The van der Waals surface area contributed by atoms with Crippen molar-refractivity contribution in [2.45, 2.75) is 13.1 Å². The molecule has 0 aliphatic heterocycles.